The van der Waals surface area contributed by atoms with Gasteiger partial charge in [-0.25, -0.2) is 4.79 Å². The Morgan fingerprint density at radius 1 is 1.43 bits per heavy atom. The molecule has 1 rings (SSSR count). The normalized spacial score (nSPS) is 14.6. The number of hydrogen-bond acceptors (Lipinski definition) is 3. The smallest absolute Gasteiger partial charge is 0.315 e. The summed E-state index contributed by atoms with van der Waals surface area (Å²) in [5, 5.41) is 19.3. The molecule has 6 heteroatoms. The summed E-state index contributed by atoms with van der Waals surface area (Å²) in [4.78, 5) is 11.8. The van der Waals surface area contributed by atoms with E-state index in [0.29, 0.717) is 13.0 Å². The molecule has 0 spiro atoms. The topological polar surface area (TPSA) is 79.2 Å². The van der Waals surface area contributed by atoms with Gasteiger partial charge in [0.05, 0.1) is 23.4 Å². The van der Waals surface area contributed by atoms with Crippen LogP contribution in [0.5, 0.6) is 0 Å². The highest BCUT2D eigenvalue weighted by Gasteiger charge is 2.20. The highest BCUT2D eigenvalue weighted by molar-refractivity contribution is 5.74. The van der Waals surface area contributed by atoms with Crippen molar-refractivity contribution in [2.45, 2.75) is 65.6 Å². The van der Waals surface area contributed by atoms with E-state index in [-0.39, 0.29) is 17.6 Å². The maximum Gasteiger partial charge on any atom is 0.315 e. The number of carbonyl (C=O) groups is 1. The molecular formula is C15H28N4O2. The molecule has 21 heavy (non-hydrogen) atoms. The van der Waals surface area contributed by atoms with Crippen LogP contribution < -0.4 is 10.6 Å². The molecular weight excluding hydrogens is 268 g/mol. The number of aliphatic hydroxyl groups is 1. The predicted octanol–water partition coefficient (Wildman–Crippen LogP) is 2.08. The molecule has 1 heterocycles. The van der Waals surface area contributed by atoms with Crippen LogP contribution >= 0.6 is 0 Å². The molecule has 120 valence electrons. The lowest BCUT2D eigenvalue weighted by Crippen LogP contribution is -2.38. The summed E-state index contributed by atoms with van der Waals surface area (Å²) in [6.45, 7) is 12.3. The Morgan fingerprint density at radius 3 is 2.52 bits per heavy atom. The third kappa shape index (κ3) is 5.38. The number of hydrogen-bond donors (Lipinski definition) is 3. The second-order valence-corrected chi connectivity index (χ2v) is 6.54. The molecule has 0 radical (unpaired) electrons. The van der Waals surface area contributed by atoms with Gasteiger partial charge in [0.15, 0.2) is 0 Å². The van der Waals surface area contributed by atoms with Gasteiger partial charge in [-0.2, -0.15) is 5.10 Å². The van der Waals surface area contributed by atoms with Crippen molar-refractivity contribution in [2.75, 3.05) is 6.54 Å². The van der Waals surface area contributed by atoms with Gasteiger partial charge in [-0.05, 0) is 48.0 Å². The average molecular weight is 296 g/mol. The van der Waals surface area contributed by atoms with Gasteiger partial charge in [0.2, 0.25) is 0 Å². The number of aliphatic hydroxyl groups excluding tert-OH is 1. The molecule has 2 atom stereocenters. The molecule has 2 amide bonds. The summed E-state index contributed by atoms with van der Waals surface area (Å²) >= 11 is 0. The summed E-state index contributed by atoms with van der Waals surface area (Å²) in [6, 6.07) is -0.348. The van der Waals surface area contributed by atoms with E-state index < -0.39 is 6.10 Å². The molecule has 0 unspecified atom stereocenters. The second kappa shape index (κ2) is 6.93. The average Bonchev–Trinajstić information content (AvgIpc) is 2.70. The number of carbonyl (C=O) groups excluding carboxylic acids is 1. The SMILES string of the molecule is Cc1nn(C(C)(C)C)cc1[C@H](C)NC(=O)NCC[C@@H](C)O. The van der Waals surface area contributed by atoms with Crippen molar-refractivity contribution in [1.29, 1.82) is 0 Å². The van der Waals surface area contributed by atoms with Crippen LogP contribution in [0, 0.1) is 6.92 Å². The molecule has 0 aromatic carbocycles. The van der Waals surface area contributed by atoms with Gasteiger partial charge in [0, 0.05) is 18.3 Å². The first-order chi connectivity index (χ1) is 9.61. The Labute approximate surface area is 126 Å². The Bertz CT molecular complexity index is 475. The summed E-state index contributed by atoms with van der Waals surface area (Å²) in [5.41, 5.74) is 1.85. The van der Waals surface area contributed by atoms with Gasteiger partial charge in [-0.1, -0.05) is 0 Å². The van der Waals surface area contributed by atoms with Crippen LogP contribution in [-0.4, -0.2) is 33.6 Å². The monoisotopic (exact) mass is 296 g/mol. The standard InChI is InChI=1S/C15H28N4O2/c1-10(20)7-8-16-14(21)17-11(2)13-9-19(15(4,5)6)18-12(13)3/h9-11,20H,7-8H2,1-6H3,(H2,16,17,21)/t10-,11+/m1/s1. The van der Waals surface area contributed by atoms with Crippen LogP contribution in [0.1, 0.15) is 58.3 Å². The minimum atomic E-state index is -0.407. The first kappa shape index (κ1) is 17.5. The van der Waals surface area contributed by atoms with Crippen LogP contribution in [-0.2, 0) is 5.54 Å². The molecule has 6 nitrogen and oxygen atoms in total. The van der Waals surface area contributed by atoms with E-state index in [2.05, 4.69) is 36.5 Å². The van der Waals surface area contributed by atoms with Crippen molar-refractivity contribution in [3.8, 4) is 0 Å². The van der Waals surface area contributed by atoms with Gasteiger partial charge < -0.3 is 15.7 Å². The fourth-order valence-electron chi connectivity index (χ4n) is 1.96. The third-order valence-corrected chi connectivity index (χ3v) is 3.29. The first-order valence-electron chi connectivity index (χ1n) is 7.40. The zero-order valence-corrected chi connectivity index (χ0v) is 13.9. The van der Waals surface area contributed by atoms with Gasteiger partial charge in [0.25, 0.3) is 0 Å². The Kier molecular flexibility index (Phi) is 5.78. The lowest BCUT2D eigenvalue weighted by atomic mass is 10.1. The van der Waals surface area contributed by atoms with Crippen molar-refractivity contribution in [3.63, 3.8) is 0 Å². The predicted molar refractivity (Wildman–Crippen MR) is 83.2 cm³/mol. The van der Waals surface area contributed by atoms with Crippen LogP contribution in [0.4, 0.5) is 4.79 Å². The lowest BCUT2D eigenvalue weighted by Gasteiger charge is -2.19. The molecule has 0 bridgehead atoms. The largest absolute Gasteiger partial charge is 0.393 e. The van der Waals surface area contributed by atoms with Crippen LogP contribution in [0.3, 0.4) is 0 Å². The van der Waals surface area contributed by atoms with Gasteiger partial charge in [-0.15, -0.1) is 0 Å². The van der Waals surface area contributed by atoms with E-state index in [4.69, 9.17) is 5.11 Å². The number of aromatic nitrogens is 2. The van der Waals surface area contributed by atoms with Crippen molar-refractivity contribution in [1.82, 2.24) is 20.4 Å². The molecule has 0 aliphatic heterocycles. The summed E-state index contributed by atoms with van der Waals surface area (Å²) < 4.78 is 1.92. The number of amides is 2. The molecule has 0 aliphatic carbocycles. The first-order valence-corrected chi connectivity index (χ1v) is 7.40. The molecule has 0 fully saturated rings. The van der Waals surface area contributed by atoms with Crippen LogP contribution in [0.15, 0.2) is 6.20 Å². The maximum absolute atomic E-state index is 11.8. The third-order valence-electron chi connectivity index (χ3n) is 3.29. The minimum absolute atomic E-state index is 0.0811. The summed E-state index contributed by atoms with van der Waals surface area (Å²) in [5.74, 6) is 0. The Morgan fingerprint density at radius 2 is 2.05 bits per heavy atom. The van der Waals surface area contributed by atoms with E-state index in [9.17, 15) is 4.79 Å². The lowest BCUT2D eigenvalue weighted by molar-refractivity contribution is 0.183. The van der Waals surface area contributed by atoms with E-state index >= 15 is 0 Å². The molecule has 1 aromatic rings. The number of rotatable bonds is 5. The van der Waals surface area contributed by atoms with Crippen LogP contribution in [0.2, 0.25) is 0 Å². The van der Waals surface area contributed by atoms with Gasteiger partial charge >= 0.3 is 6.03 Å². The summed E-state index contributed by atoms with van der Waals surface area (Å²) in [7, 11) is 0. The zero-order chi connectivity index (χ0) is 16.2. The number of nitrogens with one attached hydrogen (secondary N) is 2. The summed E-state index contributed by atoms with van der Waals surface area (Å²) in [6.07, 6.45) is 2.12. The molecule has 3 N–H and O–H groups in total. The molecule has 0 saturated heterocycles. The van der Waals surface area contributed by atoms with Crippen molar-refractivity contribution < 1.29 is 9.90 Å². The molecule has 1 aromatic heterocycles. The number of aryl methyl sites for hydroxylation is 1. The van der Waals surface area contributed by atoms with Crippen molar-refractivity contribution >= 4 is 6.03 Å². The van der Waals surface area contributed by atoms with Gasteiger partial charge in [0.1, 0.15) is 0 Å². The van der Waals surface area contributed by atoms with Crippen molar-refractivity contribution in [3.05, 3.63) is 17.5 Å². The van der Waals surface area contributed by atoms with Crippen LogP contribution in [0.25, 0.3) is 0 Å². The van der Waals surface area contributed by atoms with E-state index in [1.165, 1.54) is 0 Å². The number of urea groups is 1. The van der Waals surface area contributed by atoms with E-state index in [0.717, 1.165) is 11.3 Å². The zero-order valence-electron chi connectivity index (χ0n) is 13.9. The fraction of sp³-hybridized carbons (Fsp3) is 0.733. The Hall–Kier alpha value is -1.56. The highest BCUT2D eigenvalue weighted by Crippen LogP contribution is 2.20. The van der Waals surface area contributed by atoms with E-state index in [1.807, 2.05) is 24.7 Å². The minimum Gasteiger partial charge on any atom is -0.393 e. The van der Waals surface area contributed by atoms with Crippen molar-refractivity contribution in [2.24, 2.45) is 0 Å². The van der Waals surface area contributed by atoms with E-state index in [1.54, 1.807) is 6.92 Å². The maximum atomic E-state index is 11.8. The molecule has 0 aliphatic rings. The highest BCUT2D eigenvalue weighted by atomic mass is 16.3. The fourth-order valence-corrected chi connectivity index (χ4v) is 1.96. The quantitative estimate of drug-likeness (QED) is 0.778. The molecule has 0 saturated carbocycles. The van der Waals surface area contributed by atoms with Gasteiger partial charge in [-0.3, -0.25) is 4.68 Å². The number of nitrogens with zero attached hydrogens (tertiary/aromatic N) is 2. The second-order valence-electron chi connectivity index (χ2n) is 6.54. The Balaban J connectivity index is 2.61.